The maximum Gasteiger partial charge on any atom is 0.341 e. The number of carbonyl (C=O) groups excluding carboxylic acids is 2. The van der Waals surface area contributed by atoms with E-state index in [4.69, 9.17) is 9.47 Å². The van der Waals surface area contributed by atoms with Crippen molar-refractivity contribution in [2.75, 3.05) is 17.7 Å². The van der Waals surface area contributed by atoms with Gasteiger partial charge in [0.05, 0.1) is 17.9 Å². The number of hydrogen-bond donors (Lipinski definition) is 1. The maximum absolute atomic E-state index is 12.9. The summed E-state index contributed by atoms with van der Waals surface area (Å²) >= 11 is 2.81. The molecule has 37 heavy (non-hydrogen) atoms. The van der Waals surface area contributed by atoms with Crippen molar-refractivity contribution in [2.24, 2.45) is 5.92 Å². The highest BCUT2D eigenvalue weighted by Crippen LogP contribution is 2.40. The quantitative estimate of drug-likeness (QED) is 0.251. The van der Waals surface area contributed by atoms with Crippen LogP contribution in [0.15, 0.2) is 29.4 Å². The summed E-state index contributed by atoms with van der Waals surface area (Å²) in [5.74, 6) is 1.64. The van der Waals surface area contributed by atoms with Crippen LogP contribution in [0.3, 0.4) is 0 Å². The van der Waals surface area contributed by atoms with Gasteiger partial charge in [-0.25, -0.2) is 4.79 Å². The molecule has 0 bridgehead atoms. The molecular formula is C27H34N4O4S2. The number of aryl methyl sites for hydroxylation is 1. The van der Waals surface area contributed by atoms with Gasteiger partial charge in [0, 0.05) is 11.4 Å². The van der Waals surface area contributed by atoms with Gasteiger partial charge in [0.2, 0.25) is 5.91 Å². The van der Waals surface area contributed by atoms with Crippen LogP contribution in [0.1, 0.15) is 66.3 Å². The third-order valence-electron chi connectivity index (χ3n) is 6.39. The van der Waals surface area contributed by atoms with E-state index >= 15 is 0 Å². The van der Waals surface area contributed by atoms with Crippen molar-refractivity contribution >= 4 is 40.0 Å². The second kappa shape index (κ2) is 12.6. The molecule has 1 aliphatic carbocycles. The van der Waals surface area contributed by atoms with E-state index in [9.17, 15) is 9.59 Å². The average molecular weight is 543 g/mol. The number of nitrogens with one attached hydrogen (secondary N) is 1. The van der Waals surface area contributed by atoms with Gasteiger partial charge in [0.25, 0.3) is 0 Å². The van der Waals surface area contributed by atoms with Crippen LogP contribution in [0.25, 0.3) is 0 Å². The number of hydrogen-bond acceptors (Lipinski definition) is 8. The van der Waals surface area contributed by atoms with Crippen LogP contribution in [0.5, 0.6) is 5.75 Å². The fraction of sp³-hybridized carbons (Fsp3) is 0.481. The summed E-state index contributed by atoms with van der Waals surface area (Å²) in [5, 5.41) is 12.8. The van der Waals surface area contributed by atoms with Crippen molar-refractivity contribution in [3.63, 3.8) is 0 Å². The molecule has 1 atom stereocenters. The number of esters is 1. The molecule has 0 aliphatic heterocycles. The molecule has 2 heterocycles. The smallest absolute Gasteiger partial charge is 0.341 e. The van der Waals surface area contributed by atoms with Crippen molar-refractivity contribution in [3.05, 3.63) is 51.7 Å². The maximum atomic E-state index is 12.9. The zero-order valence-corrected chi connectivity index (χ0v) is 23.5. The van der Waals surface area contributed by atoms with Crippen LogP contribution < -0.4 is 10.1 Å². The monoisotopic (exact) mass is 542 g/mol. The van der Waals surface area contributed by atoms with E-state index in [-0.39, 0.29) is 17.6 Å². The number of benzene rings is 1. The zero-order valence-electron chi connectivity index (χ0n) is 21.8. The van der Waals surface area contributed by atoms with Gasteiger partial charge in [-0.1, -0.05) is 37.7 Å². The van der Waals surface area contributed by atoms with Crippen LogP contribution in [-0.4, -0.2) is 39.0 Å². The largest absolute Gasteiger partial charge is 0.486 e. The van der Waals surface area contributed by atoms with Crippen LogP contribution in [0.2, 0.25) is 0 Å². The third-order valence-corrected chi connectivity index (χ3v) is 8.52. The Morgan fingerprint density at radius 1 is 1.19 bits per heavy atom. The number of thiophene rings is 1. The first kappa shape index (κ1) is 27.2. The van der Waals surface area contributed by atoms with Crippen LogP contribution >= 0.6 is 23.1 Å². The molecule has 10 heteroatoms. The van der Waals surface area contributed by atoms with E-state index in [2.05, 4.69) is 41.5 Å². The van der Waals surface area contributed by atoms with Gasteiger partial charge in [-0.2, -0.15) is 0 Å². The molecule has 1 aromatic carbocycles. The lowest BCUT2D eigenvalue weighted by Crippen LogP contribution is -2.18. The van der Waals surface area contributed by atoms with Gasteiger partial charge >= 0.3 is 5.97 Å². The molecule has 8 nitrogen and oxygen atoms in total. The lowest BCUT2D eigenvalue weighted by Gasteiger charge is -2.18. The van der Waals surface area contributed by atoms with Gasteiger partial charge in [0.1, 0.15) is 17.4 Å². The van der Waals surface area contributed by atoms with Gasteiger partial charge in [-0.3, -0.25) is 4.79 Å². The summed E-state index contributed by atoms with van der Waals surface area (Å²) in [6.45, 7) is 9.38. The highest BCUT2D eigenvalue weighted by Gasteiger charge is 2.29. The Hall–Kier alpha value is -2.85. The fourth-order valence-corrected chi connectivity index (χ4v) is 6.61. The predicted octanol–water partition coefficient (Wildman–Crippen LogP) is 5.53. The highest BCUT2D eigenvalue weighted by atomic mass is 32.2. The minimum absolute atomic E-state index is 0.151. The molecule has 198 valence electrons. The topological polar surface area (TPSA) is 95.3 Å². The SMILES string of the molecule is CCOC(=O)c1c(NC(=O)CSc2nnc(COc3ccc(CC)cc3)n2CC)sc2c1CCC(C)C2. The minimum Gasteiger partial charge on any atom is -0.486 e. The number of thioether (sulfide) groups is 1. The summed E-state index contributed by atoms with van der Waals surface area (Å²) in [4.78, 5) is 26.8. The third kappa shape index (κ3) is 6.54. The molecule has 0 fully saturated rings. The molecule has 0 saturated heterocycles. The standard InChI is InChI=1S/C27H34N4O4S2/c1-5-18-9-11-19(12-10-18)35-15-22-29-30-27(31(22)6-2)36-16-23(32)28-25-24(26(33)34-7-3)20-13-8-17(4)14-21(20)37-25/h9-12,17H,5-8,13-16H2,1-4H3,(H,28,32). The molecule has 2 aromatic heterocycles. The molecule has 1 aliphatic rings. The first-order valence-electron chi connectivity index (χ1n) is 12.8. The number of nitrogens with zero attached hydrogens (tertiary/aromatic N) is 3. The molecule has 3 aromatic rings. The molecule has 0 radical (unpaired) electrons. The second-order valence-corrected chi connectivity index (χ2v) is 11.1. The van der Waals surface area contributed by atoms with E-state index in [1.54, 1.807) is 6.92 Å². The van der Waals surface area contributed by atoms with Gasteiger partial charge < -0.3 is 19.4 Å². The lowest BCUT2D eigenvalue weighted by atomic mass is 9.88. The number of fused-ring (bicyclic) bond motifs is 1. The zero-order chi connectivity index (χ0) is 26.4. The van der Waals surface area contributed by atoms with E-state index in [1.165, 1.54) is 33.5 Å². The predicted molar refractivity (Wildman–Crippen MR) is 147 cm³/mol. The molecule has 0 saturated carbocycles. The van der Waals surface area contributed by atoms with E-state index < -0.39 is 0 Å². The average Bonchev–Trinajstić information content (AvgIpc) is 3.46. The Labute approximate surface area is 226 Å². The Morgan fingerprint density at radius 2 is 1.97 bits per heavy atom. The van der Waals surface area contributed by atoms with Gasteiger partial charge in [0.15, 0.2) is 11.0 Å². The molecule has 1 unspecified atom stereocenters. The second-order valence-electron chi connectivity index (χ2n) is 9.04. The highest BCUT2D eigenvalue weighted by molar-refractivity contribution is 7.99. The number of rotatable bonds is 11. The number of aromatic nitrogens is 3. The molecule has 0 spiro atoms. The fourth-order valence-electron chi connectivity index (χ4n) is 4.37. The van der Waals surface area contributed by atoms with Crippen molar-refractivity contribution in [3.8, 4) is 5.75 Å². The molecule has 1 N–H and O–H groups in total. The van der Waals surface area contributed by atoms with Gasteiger partial charge in [-0.05, 0) is 68.7 Å². The van der Waals surface area contributed by atoms with Crippen molar-refractivity contribution < 1.29 is 19.1 Å². The minimum atomic E-state index is -0.364. The van der Waals surface area contributed by atoms with Crippen LogP contribution in [0, 0.1) is 5.92 Å². The normalized spacial score (nSPS) is 14.8. The number of ether oxygens (including phenoxy) is 2. The summed E-state index contributed by atoms with van der Waals surface area (Å²) in [7, 11) is 0. The Morgan fingerprint density at radius 3 is 2.68 bits per heavy atom. The van der Waals surface area contributed by atoms with Crippen molar-refractivity contribution in [1.82, 2.24) is 14.8 Å². The molecular weight excluding hydrogens is 508 g/mol. The lowest BCUT2D eigenvalue weighted by molar-refractivity contribution is -0.113. The van der Waals surface area contributed by atoms with E-state index in [0.717, 1.165) is 37.0 Å². The summed E-state index contributed by atoms with van der Waals surface area (Å²) in [5.41, 5.74) is 2.81. The van der Waals surface area contributed by atoms with Crippen LogP contribution in [0.4, 0.5) is 5.00 Å². The van der Waals surface area contributed by atoms with Crippen molar-refractivity contribution in [2.45, 2.75) is 71.7 Å². The summed E-state index contributed by atoms with van der Waals surface area (Å²) in [6, 6.07) is 8.02. The summed E-state index contributed by atoms with van der Waals surface area (Å²) < 4.78 is 13.2. The van der Waals surface area contributed by atoms with Crippen molar-refractivity contribution in [1.29, 1.82) is 0 Å². The number of amides is 1. The van der Waals surface area contributed by atoms with E-state index in [0.29, 0.717) is 47.2 Å². The first-order chi connectivity index (χ1) is 17.9. The summed E-state index contributed by atoms with van der Waals surface area (Å²) in [6.07, 6.45) is 3.77. The Kier molecular flexibility index (Phi) is 9.26. The number of carbonyl (C=O) groups is 2. The Bertz CT molecular complexity index is 1240. The molecule has 4 rings (SSSR count). The van der Waals surface area contributed by atoms with Gasteiger partial charge in [-0.15, -0.1) is 21.5 Å². The Balaban J connectivity index is 1.40. The van der Waals surface area contributed by atoms with Crippen LogP contribution in [-0.2, 0) is 41.9 Å². The van der Waals surface area contributed by atoms with E-state index in [1.807, 2.05) is 23.6 Å². The first-order valence-corrected chi connectivity index (χ1v) is 14.6. The molecule has 1 amide bonds. The number of anilines is 1.